The van der Waals surface area contributed by atoms with E-state index in [0.717, 1.165) is 32.4 Å². The molecular weight excluding hydrogens is 431 g/mol. The van der Waals surface area contributed by atoms with Gasteiger partial charge >= 0.3 is 0 Å². The van der Waals surface area contributed by atoms with Crippen LogP contribution in [0.5, 0.6) is 0 Å². The Morgan fingerprint density at radius 1 is 1.03 bits per heavy atom. The lowest BCUT2D eigenvalue weighted by molar-refractivity contribution is 0.0717. The molecule has 1 fully saturated rings. The van der Waals surface area contributed by atoms with Gasteiger partial charge in [0.05, 0.1) is 11.4 Å². The number of carbonyl (C=O) groups excluding carboxylic acids is 1. The molecule has 0 aliphatic carbocycles. The van der Waals surface area contributed by atoms with Crippen molar-refractivity contribution in [1.29, 1.82) is 0 Å². The third kappa shape index (κ3) is 4.71. The number of hydrogen-bond acceptors (Lipinski definition) is 6. The Hall–Kier alpha value is -2.16. The standard InChI is InChI=1S/C19H18Cl2N6OS/c20-13-9-14(21)11-15(10-13)27-16(12-29-19-22-5-4-6-23-19)17(24-25-27)18(28)26-7-2-1-3-8-26/h4-6,9-11H,1-3,7-8,12H2. The van der Waals surface area contributed by atoms with Crippen molar-refractivity contribution in [2.24, 2.45) is 0 Å². The lowest BCUT2D eigenvalue weighted by atomic mass is 10.1. The van der Waals surface area contributed by atoms with Crippen molar-refractivity contribution < 1.29 is 4.79 Å². The number of benzene rings is 1. The van der Waals surface area contributed by atoms with Crippen molar-refractivity contribution in [3.8, 4) is 5.69 Å². The first-order valence-corrected chi connectivity index (χ1v) is 11.0. The molecule has 3 aromatic rings. The largest absolute Gasteiger partial charge is 0.337 e. The van der Waals surface area contributed by atoms with Crippen LogP contribution in [0.3, 0.4) is 0 Å². The van der Waals surface area contributed by atoms with Gasteiger partial charge in [-0.3, -0.25) is 4.79 Å². The predicted octanol–water partition coefficient (Wildman–Crippen LogP) is 4.28. The zero-order valence-electron chi connectivity index (χ0n) is 15.5. The Labute approximate surface area is 182 Å². The molecule has 10 heteroatoms. The number of carbonyl (C=O) groups is 1. The van der Waals surface area contributed by atoms with E-state index in [1.165, 1.54) is 11.8 Å². The first-order valence-electron chi connectivity index (χ1n) is 9.22. The van der Waals surface area contributed by atoms with E-state index in [1.54, 1.807) is 41.3 Å². The number of likely N-dealkylation sites (tertiary alicyclic amines) is 1. The Morgan fingerprint density at radius 2 is 1.72 bits per heavy atom. The van der Waals surface area contributed by atoms with Gasteiger partial charge in [0.15, 0.2) is 10.9 Å². The molecule has 150 valence electrons. The number of rotatable bonds is 5. The highest BCUT2D eigenvalue weighted by Crippen LogP contribution is 2.27. The first kappa shape index (κ1) is 20.1. The predicted molar refractivity (Wildman–Crippen MR) is 113 cm³/mol. The molecule has 3 heterocycles. The minimum atomic E-state index is -0.103. The smallest absolute Gasteiger partial charge is 0.276 e. The van der Waals surface area contributed by atoms with E-state index < -0.39 is 0 Å². The number of amides is 1. The Morgan fingerprint density at radius 3 is 2.41 bits per heavy atom. The molecule has 0 saturated carbocycles. The lowest BCUT2D eigenvalue weighted by Crippen LogP contribution is -2.36. The first-order chi connectivity index (χ1) is 14.1. The molecule has 0 spiro atoms. The van der Waals surface area contributed by atoms with Crippen molar-refractivity contribution in [3.63, 3.8) is 0 Å². The van der Waals surface area contributed by atoms with Crippen molar-refractivity contribution in [2.75, 3.05) is 13.1 Å². The maximum atomic E-state index is 13.1. The summed E-state index contributed by atoms with van der Waals surface area (Å²) in [7, 11) is 0. The molecule has 2 aromatic heterocycles. The SMILES string of the molecule is O=C(c1nnn(-c2cc(Cl)cc(Cl)c2)c1CSc1ncccn1)N1CCCCC1. The highest BCUT2D eigenvalue weighted by molar-refractivity contribution is 7.98. The fourth-order valence-electron chi connectivity index (χ4n) is 3.21. The third-order valence-electron chi connectivity index (χ3n) is 4.58. The Kier molecular flexibility index (Phi) is 6.32. The fraction of sp³-hybridized carbons (Fsp3) is 0.316. The van der Waals surface area contributed by atoms with Crippen molar-refractivity contribution in [3.05, 3.63) is 58.1 Å². The molecule has 29 heavy (non-hydrogen) atoms. The quantitative estimate of drug-likeness (QED) is 0.428. The number of aromatic nitrogens is 5. The number of hydrogen-bond donors (Lipinski definition) is 0. The summed E-state index contributed by atoms with van der Waals surface area (Å²) >= 11 is 13.8. The van der Waals surface area contributed by atoms with Crippen molar-refractivity contribution >= 4 is 40.9 Å². The molecule has 1 saturated heterocycles. The molecule has 4 rings (SSSR count). The van der Waals surface area contributed by atoms with Crippen LogP contribution < -0.4 is 0 Å². The van der Waals surface area contributed by atoms with E-state index in [1.807, 2.05) is 4.90 Å². The minimum Gasteiger partial charge on any atom is -0.337 e. The molecule has 1 aromatic carbocycles. The zero-order valence-corrected chi connectivity index (χ0v) is 17.8. The van der Waals surface area contributed by atoms with Gasteiger partial charge in [0.25, 0.3) is 5.91 Å². The van der Waals surface area contributed by atoms with Gasteiger partial charge in [-0.05, 0) is 43.5 Å². The molecule has 1 amide bonds. The lowest BCUT2D eigenvalue weighted by Gasteiger charge is -2.26. The summed E-state index contributed by atoms with van der Waals surface area (Å²) in [5.41, 5.74) is 1.65. The molecule has 0 N–H and O–H groups in total. The van der Waals surface area contributed by atoms with E-state index in [0.29, 0.717) is 38.0 Å². The number of nitrogens with zero attached hydrogens (tertiary/aromatic N) is 6. The van der Waals surface area contributed by atoms with Crippen LogP contribution >= 0.6 is 35.0 Å². The maximum absolute atomic E-state index is 13.1. The average Bonchev–Trinajstić information content (AvgIpc) is 3.16. The summed E-state index contributed by atoms with van der Waals surface area (Å²) in [4.78, 5) is 23.4. The normalized spacial score (nSPS) is 14.2. The van der Waals surface area contributed by atoms with Crippen LogP contribution in [0.15, 0.2) is 41.8 Å². The van der Waals surface area contributed by atoms with E-state index in [4.69, 9.17) is 23.2 Å². The van der Waals surface area contributed by atoms with Crippen LogP contribution in [0.2, 0.25) is 10.0 Å². The van der Waals surface area contributed by atoms with Crippen LogP contribution in [0, 0.1) is 0 Å². The van der Waals surface area contributed by atoms with Crippen LogP contribution in [0.4, 0.5) is 0 Å². The van der Waals surface area contributed by atoms with Crippen LogP contribution in [0.25, 0.3) is 5.69 Å². The van der Waals surface area contributed by atoms with E-state index in [2.05, 4.69) is 20.3 Å². The van der Waals surface area contributed by atoms with E-state index in [-0.39, 0.29) is 5.91 Å². The fourth-order valence-corrected chi connectivity index (χ4v) is 4.52. The summed E-state index contributed by atoms with van der Waals surface area (Å²) in [6.45, 7) is 1.48. The van der Waals surface area contributed by atoms with Gasteiger partial charge < -0.3 is 4.90 Å². The minimum absolute atomic E-state index is 0.103. The summed E-state index contributed by atoms with van der Waals surface area (Å²) in [5, 5.41) is 10.0. The summed E-state index contributed by atoms with van der Waals surface area (Å²) in [6.07, 6.45) is 6.52. The number of piperidine rings is 1. The second kappa shape index (κ2) is 9.11. The molecule has 0 bridgehead atoms. The average molecular weight is 449 g/mol. The number of halogens is 2. The molecule has 0 unspecified atom stereocenters. The van der Waals surface area contributed by atoms with Crippen LogP contribution in [0.1, 0.15) is 35.4 Å². The van der Waals surface area contributed by atoms with Crippen LogP contribution in [-0.2, 0) is 5.75 Å². The van der Waals surface area contributed by atoms with Crippen LogP contribution in [-0.4, -0.2) is 48.9 Å². The Balaban J connectivity index is 1.70. The van der Waals surface area contributed by atoms with Crippen molar-refractivity contribution in [2.45, 2.75) is 30.2 Å². The molecule has 1 aliphatic heterocycles. The van der Waals surface area contributed by atoms with Gasteiger partial charge in [0.1, 0.15) is 0 Å². The summed E-state index contributed by atoms with van der Waals surface area (Å²) in [5.74, 6) is 0.324. The van der Waals surface area contributed by atoms with Crippen molar-refractivity contribution in [1.82, 2.24) is 29.9 Å². The highest BCUT2D eigenvalue weighted by atomic mass is 35.5. The second-order valence-electron chi connectivity index (χ2n) is 6.60. The van der Waals surface area contributed by atoms with Gasteiger partial charge in [0.2, 0.25) is 0 Å². The highest BCUT2D eigenvalue weighted by Gasteiger charge is 2.26. The third-order valence-corrected chi connectivity index (χ3v) is 5.90. The van der Waals surface area contributed by atoms with Gasteiger partial charge in [-0.25, -0.2) is 14.6 Å². The summed E-state index contributed by atoms with van der Waals surface area (Å²) in [6, 6.07) is 6.89. The van der Waals surface area contributed by atoms with E-state index in [9.17, 15) is 4.79 Å². The zero-order chi connectivity index (χ0) is 20.2. The van der Waals surface area contributed by atoms with Gasteiger partial charge in [-0.15, -0.1) is 5.10 Å². The van der Waals surface area contributed by atoms with Gasteiger partial charge in [-0.2, -0.15) is 0 Å². The molecule has 1 aliphatic rings. The monoisotopic (exact) mass is 448 g/mol. The molecule has 7 nitrogen and oxygen atoms in total. The topological polar surface area (TPSA) is 76.8 Å². The van der Waals surface area contributed by atoms with E-state index >= 15 is 0 Å². The molecule has 0 atom stereocenters. The molecular formula is C19H18Cl2N6OS. The molecule has 0 radical (unpaired) electrons. The van der Waals surface area contributed by atoms with Gasteiger partial charge in [-0.1, -0.05) is 40.2 Å². The summed E-state index contributed by atoms with van der Waals surface area (Å²) < 4.78 is 1.62. The van der Waals surface area contributed by atoms with Gasteiger partial charge in [0, 0.05) is 41.3 Å². The maximum Gasteiger partial charge on any atom is 0.276 e. The number of thioether (sulfide) groups is 1. The second-order valence-corrected chi connectivity index (χ2v) is 8.41. The Bertz CT molecular complexity index is 987.